The summed E-state index contributed by atoms with van der Waals surface area (Å²) in [6, 6.07) is 7.67. The van der Waals surface area contributed by atoms with E-state index in [2.05, 4.69) is 9.69 Å². The standard InChI is InChI=1S/C22H24FN5O3S2/c1-12(2)9-10-26-21(30)18(15-4-3-11-32-15)28(14-7-5-13(23)6-8-14)22(31)19-16(24)17(20(25)29)27-33-19/h3-8,11-12,18H,9-10,24H2,1-2H3,(H2,25,29)(H,26,30)/t18-/m1/s1. The number of nitrogens with two attached hydrogens (primary N) is 2. The second-order valence-electron chi connectivity index (χ2n) is 7.68. The van der Waals surface area contributed by atoms with E-state index in [0.29, 0.717) is 17.3 Å². The van der Waals surface area contributed by atoms with Crippen molar-refractivity contribution >= 4 is 52.0 Å². The smallest absolute Gasteiger partial charge is 0.273 e. The van der Waals surface area contributed by atoms with Crippen LogP contribution in [0.2, 0.25) is 0 Å². The molecule has 0 bridgehead atoms. The zero-order valence-electron chi connectivity index (χ0n) is 18.1. The lowest BCUT2D eigenvalue weighted by molar-refractivity contribution is -0.122. The van der Waals surface area contributed by atoms with Gasteiger partial charge in [-0.3, -0.25) is 19.3 Å². The number of benzene rings is 1. The molecule has 5 N–H and O–H groups in total. The van der Waals surface area contributed by atoms with Crippen LogP contribution in [0.5, 0.6) is 0 Å². The Morgan fingerprint density at radius 1 is 1.18 bits per heavy atom. The zero-order chi connectivity index (χ0) is 24.1. The van der Waals surface area contributed by atoms with Crippen molar-refractivity contribution in [2.24, 2.45) is 11.7 Å². The van der Waals surface area contributed by atoms with Gasteiger partial charge in [-0.05, 0) is 59.6 Å². The number of rotatable bonds is 9. The number of amides is 3. The number of nitrogen functional groups attached to an aromatic ring is 1. The lowest BCUT2D eigenvalue weighted by Crippen LogP contribution is -2.44. The maximum Gasteiger partial charge on any atom is 0.273 e. The van der Waals surface area contributed by atoms with Gasteiger partial charge in [-0.15, -0.1) is 11.3 Å². The van der Waals surface area contributed by atoms with Crippen LogP contribution < -0.4 is 21.7 Å². The van der Waals surface area contributed by atoms with Crippen molar-refractivity contribution in [1.29, 1.82) is 0 Å². The molecule has 3 amide bonds. The second-order valence-corrected chi connectivity index (χ2v) is 9.43. The Morgan fingerprint density at radius 3 is 2.42 bits per heavy atom. The SMILES string of the molecule is CC(C)CCNC(=O)[C@@H](c1cccs1)N(C(=O)c1snc(C(N)=O)c1N)c1ccc(F)cc1. The van der Waals surface area contributed by atoms with Crippen LogP contribution in [0.4, 0.5) is 15.8 Å². The number of anilines is 2. The van der Waals surface area contributed by atoms with Gasteiger partial charge in [0.1, 0.15) is 10.7 Å². The number of carbonyl (C=O) groups excluding carboxylic acids is 3. The van der Waals surface area contributed by atoms with Gasteiger partial charge in [0.15, 0.2) is 11.7 Å². The summed E-state index contributed by atoms with van der Waals surface area (Å²) >= 11 is 2.02. The van der Waals surface area contributed by atoms with Gasteiger partial charge < -0.3 is 16.8 Å². The highest BCUT2D eigenvalue weighted by atomic mass is 32.1. The third-order valence-corrected chi connectivity index (χ3v) is 6.60. The Morgan fingerprint density at radius 2 is 1.88 bits per heavy atom. The number of aromatic nitrogens is 1. The number of halogens is 1. The first kappa shape index (κ1) is 24.3. The molecule has 1 aromatic carbocycles. The van der Waals surface area contributed by atoms with Crippen molar-refractivity contribution < 1.29 is 18.8 Å². The van der Waals surface area contributed by atoms with Gasteiger partial charge in [-0.1, -0.05) is 19.9 Å². The van der Waals surface area contributed by atoms with Crippen LogP contribution in [0.1, 0.15) is 51.3 Å². The van der Waals surface area contributed by atoms with E-state index in [0.717, 1.165) is 18.0 Å². The molecule has 8 nitrogen and oxygen atoms in total. The minimum atomic E-state index is -1.05. The van der Waals surface area contributed by atoms with Crippen LogP contribution >= 0.6 is 22.9 Å². The molecule has 2 heterocycles. The molecule has 0 spiro atoms. The van der Waals surface area contributed by atoms with Gasteiger partial charge in [0.25, 0.3) is 11.8 Å². The third-order valence-electron chi connectivity index (χ3n) is 4.82. The fourth-order valence-corrected chi connectivity index (χ4v) is 4.68. The van der Waals surface area contributed by atoms with Crippen LogP contribution in [0, 0.1) is 11.7 Å². The summed E-state index contributed by atoms with van der Waals surface area (Å²) in [4.78, 5) is 40.5. The highest BCUT2D eigenvalue weighted by Crippen LogP contribution is 2.34. The summed E-state index contributed by atoms with van der Waals surface area (Å²) in [7, 11) is 0. The predicted molar refractivity (Wildman–Crippen MR) is 128 cm³/mol. The lowest BCUT2D eigenvalue weighted by atomic mass is 10.1. The van der Waals surface area contributed by atoms with Crippen molar-refractivity contribution in [1.82, 2.24) is 9.69 Å². The molecule has 3 aromatic rings. The molecule has 0 radical (unpaired) electrons. The molecule has 0 unspecified atom stereocenters. The van der Waals surface area contributed by atoms with Crippen molar-refractivity contribution in [2.45, 2.75) is 26.3 Å². The first-order valence-electron chi connectivity index (χ1n) is 10.2. The van der Waals surface area contributed by atoms with E-state index >= 15 is 0 Å². The minimum Gasteiger partial charge on any atom is -0.395 e. The third kappa shape index (κ3) is 5.55. The van der Waals surface area contributed by atoms with Gasteiger partial charge in [0.2, 0.25) is 5.91 Å². The van der Waals surface area contributed by atoms with E-state index in [-0.39, 0.29) is 21.9 Å². The first-order valence-corrected chi connectivity index (χ1v) is 11.8. The largest absolute Gasteiger partial charge is 0.395 e. The fraction of sp³-hybridized carbons (Fsp3) is 0.273. The Kier molecular flexibility index (Phi) is 7.77. The number of hydrogen-bond acceptors (Lipinski definition) is 7. The Hall–Kier alpha value is -3.31. The molecule has 0 aliphatic carbocycles. The second kappa shape index (κ2) is 10.5. The predicted octanol–water partition coefficient (Wildman–Crippen LogP) is 3.58. The molecule has 1 atom stereocenters. The maximum atomic E-state index is 13.7. The molecule has 0 aliphatic heterocycles. The molecular weight excluding hydrogens is 465 g/mol. The number of nitrogens with zero attached hydrogens (tertiary/aromatic N) is 2. The van der Waals surface area contributed by atoms with Crippen LogP contribution in [-0.4, -0.2) is 28.6 Å². The first-order chi connectivity index (χ1) is 15.7. The number of primary amides is 1. The van der Waals surface area contributed by atoms with E-state index in [9.17, 15) is 18.8 Å². The van der Waals surface area contributed by atoms with Gasteiger partial charge in [0.05, 0.1) is 5.69 Å². The molecule has 3 rings (SSSR count). The zero-order valence-corrected chi connectivity index (χ0v) is 19.7. The Balaban J connectivity index is 2.09. The van der Waals surface area contributed by atoms with Gasteiger partial charge >= 0.3 is 0 Å². The molecule has 33 heavy (non-hydrogen) atoms. The normalized spacial score (nSPS) is 11.9. The minimum absolute atomic E-state index is 0.0374. The van der Waals surface area contributed by atoms with E-state index in [4.69, 9.17) is 11.5 Å². The topological polar surface area (TPSA) is 131 Å². The summed E-state index contributed by atoms with van der Waals surface area (Å²) in [6.45, 7) is 4.51. The average Bonchev–Trinajstić information content (AvgIpc) is 3.42. The van der Waals surface area contributed by atoms with Crippen molar-refractivity contribution in [3.8, 4) is 0 Å². The van der Waals surface area contributed by atoms with E-state index in [1.807, 2.05) is 13.8 Å². The van der Waals surface area contributed by atoms with Crippen LogP contribution in [0.15, 0.2) is 41.8 Å². The van der Waals surface area contributed by atoms with Gasteiger partial charge in [-0.2, -0.15) is 4.37 Å². The molecule has 11 heteroatoms. The van der Waals surface area contributed by atoms with E-state index in [1.54, 1.807) is 17.5 Å². The van der Waals surface area contributed by atoms with Crippen molar-refractivity contribution in [3.05, 3.63) is 63.0 Å². The monoisotopic (exact) mass is 489 g/mol. The Labute approximate surface area is 198 Å². The molecule has 174 valence electrons. The summed E-state index contributed by atoms with van der Waals surface area (Å²) in [5.41, 5.74) is 11.2. The molecule has 0 fully saturated rings. The van der Waals surface area contributed by atoms with E-state index < -0.39 is 29.6 Å². The number of thiophene rings is 1. The lowest BCUT2D eigenvalue weighted by Gasteiger charge is -2.30. The van der Waals surface area contributed by atoms with Crippen LogP contribution in [0.25, 0.3) is 0 Å². The molecule has 0 saturated carbocycles. The highest BCUT2D eigenvalue weighted by molar-refractivity contribution is 7.10. The van der Waals surface area contributed by atoms with Crippen molar-refractivity contribution in [2.75, 3.05) is 17.2 Å². The fourth-order valence-electron chi connectivity index (χ4n) is 3.13. The summed E-state index contributed by atoms with van der Waals surface area (Å²) < 4.78 is 17.5. The maximum absolute atomic E-state index is 13.7. The van der Waals surface area contributed by atoms with Gasteiger partial charge in [-0.25, -0.2) is 4.39 Å². The number of nitrogens with one attached hydrogen (secondary N) is 1. The average molecular weight is 490 g/mol. The van der Waals surface area contributed by atoms with Crippen molar-refractivity contribution in [3.63, 3.8) is 0 Å². The number of carbonyl (C=O) groups is 3. The molecule has 2 aromatic heterocycles. The summed E-state index contributed by atoms with van der Waals surface area (Å²) in [6.07, 6.45) is 0.761. The molecule has 0 aliphatic rings. The van der Waals surface area contributed by atoms with Crippen LogP contribution in [-0.2, 0) is 4.79 Å². The molecular formula is C22H24FN5O3S2. The van der Waals surface area contributed by atoms with Crippen LogP contribution in [0.3, 0.4) is 0 Å². The van der Waals surface area contributed by atoms with Gasteiger partial charge in [0, 0.05) is 17.1 Å². The molecule has 0 saturated heterocycles. The number of hydrogen-bond donors (Lipinski definition) is 3. The highest BCUT2D eigenvalue weighted by Gasteiger charge is 2.36. The summed E-state index contributed by atoms with van der Waals surface area (Å²) in [5, 5.41) is 4.69. The Bertz CT molecular complexity index is 1130. The van der Waals surface area contributed by atoms with E-state index in [1.165, 1.54) is 40.5 Å². The quantitative estimate of drug-likeness (QED) is 0.423. The summed E-state index contributed by atoms with van der Waals surface area (Å²) in [5.74, 6) is -2.02.